The highest BCUT2D eigenvalue weighted by molar-refractivity contribution is 5.62. The SMILES string of the molecule is C=Cc1c(OC)cccc1[C@@H]1CC[C@@]1(O)C(=C)C. The normalized spacial score (nSPS) is 26.3. The number of hydrogen-bond donors (Lipinski definition) is 1. The van der Waals surface area contributed by atoms with Gasteiger partial charge in [-0.05, 0) is 37.0 Å². The van der Waals surface area contributed by atoms with E-state index in [0.29, 0.717) is 0 Å². The Morgan fingerprint density at radius 3 is 2.72 bits per heavy atom. The predicted octanol–water partition coefficient (Wildman–Crippen LogP) is 3.52. The molecule has 1 aromatic carbocycles. The molecule has 1 aliphatic carbocycles. The molecule has 0 unspecified atom stereocenters. The third-order valence-electron chi connectivity index (χ3n) is 4.03. The van der Waals surface area contributed by atoms with Crippen LogP contribution in [0.4, 0.5) is 0 Å². The number of methoxy groups -OCH3 is 1. The first-order valence-corrected chi connectivity index (χ1v) is 6.22. The lowest BCUT2D eigenvalue weighted by atomic mass is 9.62. The Bertz CT molecular complexity index is 490. The molecular formula is C16H20O2. The molecule has 0 radical (unpaired) electrons. The standard InChI is InChI=1S/C16H20O2/c1-5-12-13(7-6-8-15(12)18-4)14-9-10-16(14,17)11(2)3/h5-8,14,17H,1-2,9-10H2,3-4H3/t14-,16+/m0/s1. The molecular weight excluding hydrogens is 224 g/mol. The smallest absolute Gasteiger partial charge is 0.126 e. The molecule has 0 heterocycles. The van der Waals surface area contributed by atoms with Crippen LogP contribution in [-0.4, -0.2) is 17.8 Å². The molecule has 0 aromatic heterocycles. The second-order valence-electron chi connectivity index (χ2n) is 4.96. The second kappa shape index (κ2) is 4.62. The minimum atomic E-state index is -0.774. The molecule has 96 valence electrons. The van der Waals surface area contributed by atoms with E-state index in [1.807, 2.05) is 25.1 Å². The lowest BCUT2D eigenvalue weighted by Gasteiger charge is -2.47. The van der Waals surface area contributed by atoms with Gasteiger partial charge in [-0.3, -0.25) is 0 Å². The van der Waals surface area contributed by atoms with Gasteiger partial charge in [-0.2, -0.15) is 0 Å². The number of hydrogen-bond acceptors (Lipinski definition) is 2. The van der Waals surface area contributed by atoms with Gasteiger partial charge < -0.3 is 9.84 Å². The number of aliphatic hydroxyl groups is 1. The van der Waals surface area contributed by atoms with E-state index in [9.17, 15) is 5.11 Å². The van der Waals surface area contributed by atoms with Gasteiger partial charge in [0.2, 0.25) is 0 Å². The molecule has 2 heteroatoms. The maximum atomic E-state index is 10.6. The van der Waals surface area contributed by atoms with Crippen molar-refractivity contribution in [2.24, 2.45) is 0 Å². The van der Waals surface area contributed by atoms with Crippen LogP contribution in [-0.2, 0) is 0 Å². The Kier molecular flexibility index (Phi) is 3.31. The Morgan fingerprint density at radius 1 is 1.56 bits per heavy atom. The molecule has 2 atom stereocenters. The molecule has 0 amide bonds. The van der Waals surface area contributed by atoms with Gasteiger partial charge >= 0.3 is 0 Å². The van der Waals surface area contributed by atoms with Gasteiger partial charge in [0, 0.05) is 11.5 Å². The van der Waals surface area contributed by atoms with Crippen LogP contribution in [0.5, 0.6) is 5.75 Å². The first kappa shape index (κ1) is 12.9. The van der Waals surface area contributed by atoms with E-state index in [0.717, 1.165) is 35.3 Å². The zero-order valence-corrected chi connectivity index (χ0v) is 11.1. The van der Waals surface area contributed by atoms with Crippen LogP contribution in [0.2, 0.25) is 0 Å². The average Bonchev–Trinajstić information content (AvgIpc) is 2.35. The predicted molar refractivity (Wildman–Crippen MR) is 74.8 cm³/mol. The fraction of sp³-hybridized carbons (Fsp3) is 0.375. The van der Waals surface area contributed by atoms with E-state index >= 15 is 0 Å². The van der Waals surface area contributed by atoms with Crippen LogP contribution < -0.4 is 4.74 Å². The summed E-state index contributed by atoms with van der Waals surface area (Å²) in [5.41, 5.74) is 2.13. The molecule has 2 nitrogen and oxygen atoms in total. The fourth-order valence-corrected chi connectivity index (χ4v) is 2.75. The topological polar surface area (TPSA) is 29.5 Å². The maximum Gasteiger partial charge on any atom is 0.126 e. The van der Waals surface area contributed by atoms with Crippen LogP contribution in [0.1, 0.15) is 36.8 Å². The van der Waals surface area contributed by atoms with Crippen molar-refractivity contribution in [1.82, 2.24) is 0 Å². The largest absolute Gasteiger partial charge is 0.496 e. The summed E-state index contributed by atoms with van der Waals surface area (Å²) >= 11 is 0. The van der Waals surface area contributed by atoms with Gasteiger partial charge in [0.15, 0.2) is 0 Å². The number of benzene rings is 1. The monoisotopic (exact) mass is 244 g/mol. The van der Waals surface area contributed by atoms with Gasteiger partial charge in [-0.25, -0.2) is 0 Å². The summed E-state index contributed by atoms with van der Waals surface area (Å²) in [6.07, 6.45) is 3.55. The Balaban J connectivity index is 2.46. The Hall–Kier alpha value is -1.54. The molecule has 0 saturated heterocycles. The first-order chi connectivity index (χ1) is 8.54. The highest BCUT2D eigenvalue weighted by atomic mass is 16.5. The molecule has 0 spiro atoms. The van der Waals surface area contributed by atoms with Crippen molar-refractivity contribution in [3.63, 3.8) is 0 Å². The molecule has 2 rings (SSSR count). The van der Waals surface area contributed by atoms with E-state index in [2.05, 4.69) is 13.2 Å². The third kappa shape index (κ3) is 1.77. The van der Waals surface area contributed by atoms with Crippen LogP contribution in [0.25, 0.3) is 6.08 Å². The summed E-state index contributed by atoms with van der Waals surface area (Å²) in [6, 6.07) is 5.91. The van der Waals surface area contributed by atoms with Crippen molar-refractivity contribution >= 4 is 6.08 Å². The minimum Gasteiger partial charge on any atom is -0.496 e. The molecule has 0 aliphatic heterocycles. The molecule has 1 N–H and O–H groups in total. The van der Waals surface area contributed by atoms with Crippen LogP contribution in [0, 0.1) is 0 Å². The lowest BCUT2D eigenvalue weighted by Crippen LogP contribution is -2.46. The van der Waals surface area contributed by atoms with Gasteiger partial charge in [0.1, 0.15) is 5.75 Å². The van der Waals surface area contributed by atoms with E-state index in [-0.39, 0.29) is 5.92 Å². The molecule has 1 saturated carbocycles. The minimum absolute atomic E-state index is 0.0955. The first-order valence-electron chi connectivity index (χ1n) is 6.22. The number of ether oxygens (including phenoxy) is 1. The van der Waals surface area contributed by atoms with Gasteiger partial charge in [-0.1, -0.05) is 31.4 Å². The summed E-state index contributed by atoms with van der Waals surface area (Å²) in [4.78, 5) is 0. The zero-order chi connectivity index (χ0) is 13.3. The summed E-state index contributed by atoms with van der Waals surface area (Å²) < 4.78 is 5.35. The highest BCUT2D eigenvalue weighted by Crippen LogP contribution is 2.51. The number of rotatable bonds is 4. The quantitative estimate of drug-likeness (QED) is 0.821. The molecule has 1 aliphatic rings. The summed E-state index contributed by atoms with van der Waals surface area (Å²) in [7, 11) is 1.65. The van der Waals surface area contributed by atoms with Crippen molar-refractivity contribution in [2.75, 3.05) is 7.11 Å². The summed E-state index contributed by atoms with van der Waals surface area (Å²) in [6.45, 7) is 9.65. The highest BCUT2D eigenvalue weighted by Gasteiger charge is 2.47. The molecule has 1 fully saturated rings. The molecule has 1 aromatic rings. The van der Waals surface area contributed by atoms with Crippen LogP contribution in [0.3, 0.4) is 0 Å². The van der Waals surface area contributed by atoms with Crippen LogP contribution in [0.15, 0.2) is 36.9 Å². The van der Waals surface area contributed by atoms with E-state index in [1.165, 1.54) is 0 Å². The second-order valence-corrected chi connectivity index (χ2v) is 4.96. The van der Waals surface area contributed by atoms with E-state index in [4.69, 9.17) is 4.74 Å². The maximum absolute atomic E-state index is 10.6. The zero-order valence-electron chi connectivity index (χ0n) is 11.1. The van der Waals surface area contributed by atoms with Gasteiger partial charge in [0.05, 0.1) is 12.7 Å². The van der Waals surface area contributed by atoms with Crippen LogP contribution >= 0.6 is 0 Å². The van der Waals surface area contributed by atoms with E-state index < -0.39 is 5.60 Å². The average molecular weight is 244 g/mol. The third-order valence-corrected chi connectivity index (χ3v) is 4.03. The Labute approximate surface area is 109 Å². The van der Waals surface area contributed by atoms with Gasteiger partial charge in [-0.15, -0.1) is 0 Å². The van der Waals surface area contributed by atoms with Crippen molar-refractivity contribution in [1.29, 1.82) is 0 Å². The summed E-state index contributed by atoms with van der Waals surface area (Å²) in [5.74, 6) is 0.900. The van der Waals surface area contributed by atoms with Crippen molar-refractivity contribution in [3.05, 3.63) is 48.1 Å². The lowest BCUT2D eigenvalue weighted by molar-refractivity contribution is -0.0233. The Morgan fingerprint density at radius 2 is 2.28 bits per heavy atom. The summed E-state index contributed by atoms with van der Waals surface area (Å²) in [5, 5.41) is 10.6. The fourth-order valence-electron chi connectivity index (χ4n) is 2.75. The van der Waals surface area contributed by atoms with Crippen molar-refractivity contribution < 1.29 is 9.84 Å². The van der Waals surface area contributed by atoms with E-state index in [1.54, 1.807) is 13.2 Å². The van der Waals surface area contributed by atoms with Crippen molar-refractivity contribution in [3.8, 4) is 5.75 Å². The van der Waals surface area contributed by atoms with Crippen molar-refractivity contribution in [2.45, 2.75) is 31.3 Å². The molecule has 18 heavy (non-hydrogen) atoms. The van der Waals surface area contributed by atoms with Gasteiger partial charge in [0.25, 0.3) is 0 Å². The molecule has 0 bridgehead atoms.